The lowest BCUT2D eigenvalue weighted by atomic mass is 9.54. The average molecular weight is 168 g/mol. The van der Waals surface area contributed by atoms with Gasteiger partial charge in [-0.25, -0.2) is 0 Å². The molecule has 1 spiro atoms. The summed E-state index contributed by atoms with van der Waals surface area (Å²) in [6.07, 6.45) is 5.59. The van der Waals surface area contributed by atoms with Crippen molar-refractivity contribution in [1.82, 2.24) is 0 Å². The molecule has 1 heterocycles. The maximum Gasteiger partial charge on any atom is 0.0525 e. The van der Waals surface area contributed by atoms with Gasteiger partial charge in [0.15, 0.2) is 0 Å². The zero-order valence-electron chi connectivity index (χ0n) is 8.31. The van der Waals surface area contributed by atoms with Crippen molar-refractivity contribution in [2.45, 2.75) is 39.5 Å². The highest BCUT2D eigenvalue weighted by Gasteiger charge is 2.48. The van der Waals surface area contributed by atoms with Gasteiger partial charge in [0.25, 0.3) is 0 Å². The van der Waals surface area contributed by atoms with Crippen LogP contribution in [0.3, 0.4) is 0 Å². The van der Waals surface area contributed by atoms with Gasteiger partial charge in [-0.05, 0) is 42.9 Å². The molecule has 0 aromatic heterocycles. The highest BCUT2D eigenvalue weighted by Crippen LogP contribution is 2.54. The van der Waals surface area contributed by atoms with Crippen molar-refractivity contribution < 1.29 is 4.74 Å². The largest absolute Gasteiger partial charge is 0.381 e. The van der Waals surface area contributed by atoms with Gasteiger partial charge in [0.05, 0.1) is 6.61 Å². The van der Waals surface area contributed by atoms with Gasteiger partial charge in [-0.3, -0.25) is 0 Å². The molecule has 0 N–H and O–H groups in total. The summed E-state index contributed by atoms with van der Waals surface area (Å²) in [6, 6.07) is 0. The molecule has 1 nitrogen and oxygen atoms in total. The average Bonchev–Trinajstić information content (AvgIpc) is 2.03. The van der Waals surface area contributed by atoms with E-state index in [9.17, 15) is 0 Å². The molecule has 70 valence electrons. The monoisotopic (exact) mass is 168 g/mol. The molecule has 1 saturated heterocycles. The van der Waals surface area contributed by atoms with Crippen LogP contribution < -0.4 is 0 Å². The van der Waals surface area contributed by atoms with Gasteiger partial charge in [0.1, 0.15) is 0 Å². The second-order valence-electron chi connectivity index (χ2n) is 4.91. The molecule has 1 aliphatic heterocycles. The van der Waals surface area contributed by atoms with Gasteiger partial charge in [0.2, 0.25) is 0 Å². The van der Waals surface area contributed by atoms with Crippen molar-refractivity contribution in [3.8, 4) is 0 Å². The first kappa shape index (κ1) is 8.55. The van der Waals surface area contributed by atoms with E-state index in [1.54, 1.807) is 0 Å². The Labute approximate surface area is 75.5 Å². The van der Waals surface area contributed by atoms with Gasteiger partial charge in [-0.15, -0.1) is 0 Å². The van der Waals surface area contributed by atoms with Crippen molar-refractivity contribution in [3.63, 3.8) is 0 Å². The van der Waals surface area contributed by atoms with E-state index >= 15 is 0 Å². The predicted molar refractivity (Wildman–Crippen MR) is 50.0 cm³/mol. The first-order chi connectivity index (χ1) is 5.75. The van der Waals surface area contributed by atoms with Crippen molar-refractivity contribution in [2.24, 2.45) is 17.3 Å². The fraction of sp³-hybridized carbons (Fsp3) is 1.00. The first-order valence-corrected chi connectivity index (χ1v) is 5.32. The molecular weight excluding hydrogens is 148 g/mol. The Bertz CT molecular complexity index is 156. The smallest absolute Gasteiger partial charge is 0.0525 e. The van der Waals surface area contributed by atoms with E-state index in [1.165, 1.54) is 25.7 Å². The molecule has 2 aliphatic rings. The molecule has 0 amide bonds. The Balaban J connectivity index is 2.00. The molecule has 0 aromatic carbocycles. The second-order valence-corrected chi connectivity index (χ2v) is 4.91. The van der Waals surface area contributed by atoms with Crippen LogP contribution in [0.25, 0.3) is 0 Å². The van der Waals surface area contributed by atoms with Gasteiger partial charge in [-0.2, -0.15) is 0 Å². The first-order valence-electron chi connectivity index (χ1n) is 5.32. The molecule has 2 rings (SSSR count). The predicted octanol–water partition coefficient (Wildman–Crippen LogP) is 2.85. The third-order valence-electron chi connectivity index (χ3n) is 3.90. The van der Waals surface area contributed by atoms with Gasteiger partial charge in [0, 0.05) is 6.61 Å². The molecule has 2 fully saturated rings. The maximum atomic E-state index is 5.61. The van der Waals surface area contributed by atoms with Crippen LogP contribution in [0.4, 0.5) is 0 Å². The minimum absolute atomic E-state index is 0.617. The number of hydrogen-bond acceptors (Lipinski definition) is 1. The fourth-order valence-corrected chi connectivity index (χ4v) is 3.12. The normalized spacial score (nSPS) is 41.8. The summed E-state index contributed by atoms with van der Waals surface area (Å²) in [6.45, 7) is 6.78. The summed E-state index contributed by atoms with van der Waals surface area (Å²) >= 11 is 0. The van der Waals surface area contributed by atoms with Crippen molar-refractivity contribution in [2.75, 3.05) is 13.2 Å². The van der Waals surface area contributed by atoms with Crippen molar-refractivity contribution in [3.05, 3.63) is 0 Å². The Morgan fingerprint density at radius 1 is 1.33 bits per heavy atom. The van der Waals surface area contributed by atoms with Crippen LogP contribution in [0.1, 0.15) is 39.5 Å². The molecule has 12 heavy (non-hydrogen) atoms. The van der Waals surface area contributed by atoms with Crippen LogP contribution in [0.2, 0.25) is 0 Å². The van der Waals surface area contributed by atoms with Crippen LogP contribution in [0, 0.1) is 17.3 Å². The van der Waals surface area contributed by atoms with E-state index in [0.717, 1.165) is 25.0 Å². The summed E-state index contributed by atoms with van der Waals surface area (Å²) in [4.78, 5) is 0. The van der Waals surface area contributed by atoms with E-state index in [4.69, 9.17) is 4.74 Å². The highest BCUT2D eigenvalue weighted by atomic mass is 16.5. The second kappa shape index (κ2) is 3.02. The molecule has 0 aromatic rings. The van der Waals surface area contributed by atoms with Crippen LogP contribution in [0.15, 0.2) is 0 Å². The molecule has 1 saturated carbocycles. The minimum Gasteiger partial charge on any atom is -0.381 e. The Hall–Kier alpha value is -0.0400. The number of rotatable bonds is 1. The summed E-state index contributed by atoms with van der Waals surface area (Å²) in [5.41, 5.74) is 0.617. The van der Waals surface area contributed by atoms with Gasteiger partial charge < -0.3 is 4.74 Å². The number of hydrogen-bond donors (Lipinski definition) is 0. The summed E-state index contributed by atoms with van der Waals surface area (Å²) in [5, 5.41) is 0. The zero-order valence-corrected chi connectivity index (χ0v) is 8.31. The molecule has 2 unspecified atom stereocenters. The maximum absolute atomic E-state index is 5.61. The Morgan fingerprint density at radius 3 is 2.58 bits per heavy atom. The standard InChI is InChI=1S/C11H20O/c1-9(2)10-4-6-11(10)5-3-7-12-8-11/h9-10H,3-8H2,1-2H3. The van der Waals surface area contributed by atoms with E-state index in [-0.39, 0.29) is 0 Å². The molecular formula is C11H20O. The zero-order chi connectivity index (χ0) is 8.60. The third-order valence-corrected chi connectivity index (χ3v) is 3.90. The fourth-order valence-electron chi connectivity index (χ4n) is 3.12. The lowest BCUT2D eigenvalue weighted by Crippen LogP contribution is -2.48. The third kappa shape index (κ3) is 1.19. The molecule has 0 bridgehead atoms. The Morgan fingerprint density at radius 2 is 2.17 bits per heavy atom. The van der Waals surface area contributed by atoms with Crippen LogP contribution in [-0.2, 0) is 4.74 Å². The van der Waals surface area contributed by atoms with E-state index < -0.39 is 0 Å². The van der Waals surface area contributed by atoms with Gasteiger partial charge >= 0.3 is 0 Å². The summed E-state index contributed by atoms with van der Waals surface area (Å²) in [5.74, 6) is 1.82. The summed E-state index contributed by atoms with van der Waals surface area (Å²) in [7, 11) is 0. The lowest BCUT2D eigenvalue weighted by molar-refractivity contribution is -0.113. The van der Waals surface area contributed by atoms with Gasteiger partial charge in [-0.1, -0.05) is 13.8 Å². The topological polar surface area (TPSA) is 9.23 Å². The van der Waals surface area contributed by atoms with Crippen LogP contribution in [-0.4, -0.2) is 13.2 Å². The quantitative estimate of drug-likeness (QED) is 0.585. The Kier molecular flexibility index (Phi) is 2.16. The molecule has 0 radical (unpaired) electrons. The van der Waals surface area contributed by atoms with E-state index in [0.29, 0.717) is 5.41 Å². The van der Waals surface area contributed by atoms with Crippen LogP contribution >= 0.6 is 0 Å². The van der Waals surface area contributed by atoms with E-state index in [2.05, 4.69) is 13.8 Å². The molecule has 1 aliphatic carbocycles. The minimum atomic E-state index is 0.617. The SMILES string of the molecule is CC(C)C1CCC12CCCOC2. The van der Waals surface area contributed by atoms with Crippen LogP contribution in [0.5, 0.6) is 0 Å². The molecule has 1 heteroatoms. The highest BCUT2D eigenvalue weighted by molar-refractivity contribution is 4.97. The summed E-state index contributed by atoms with van der Waals surface area (Å²) < 4.78 is 5.61. The molecule has 2 atom stereocenters. The lowest BCUT2D eigenvalue weighted by Gasteiger charge is -2.53. The van der Waals surface area contributed by atoms with E-state index in [1.807, 2.05) is 0 Å². The van der Waals surface area contributed by atoms with Crippen molar-refractivity contribution in [1.29, 1.82) is 0 Å². The number of ether oxygens (including phenoxy) is 1. The van der Waals surface area contributed by atoms with Crippen molar-refractivity contribution >= 4 is 0 Å².